The molecule has 0 saturated heterocycles. The highest BCUT2D eigenvalue weighted by Crippen LogP contribution is 2.21. The van der Waals surface area contributed by atoms with Crippen LogP contribution in [0.15, 0.2) is 6.20 Å². The smallest absolute Gasteiger partial charge is 0.237 e. The molecule has 102 valence electrons. The van der Waals surface area contributed by atoms with Crippen LogP contribution in [0.2, 0.25) is 5.02 Å². The third-order valence-corrected chi connectivity index (χ3v) is 2.30. The van der Waals surface area contributed by atoms with E-state index in [0.29, 0.717) is 43.3 Å². The summed E-state index contributed by atoms with van der Waals surface area (Å²) in [6.07, 6.45) is 2.36. The van der Waals surface area contributed by atoms with Gasteiger partial charge in [0, 0.05) is 27.4 Å². The van der Waals surface area contributed by atoms with Gasteiger partial charge in [-0.25, -0.2) is 4.98 Å². The van der Waals surface area contributed by atoms with Crippen molar-refractivity contribution in [3.63, 3.8) is 0 Å². The first-order chi connectivity index (χ1) is 8.77. The van der Waals surface area contributed by atoms with E-state index in [1.165, 1.54) is 6.20 Å². The van der Waals surface area contributed by atoms with Crippen molar-refractivity contribution in [2.45, 2.75) is 6.42 Å². The van der Waals surface area contributed by atoms with Gasteiger partial charge in [0.1, 0.15) is 11.6 Å². The third-order valence-electron chi connectivity index (χ3n) is 2.04. The van der Waals surface area contributed by atoms with E-state index < -0.39 is 0 Å². The number of nitrogens with zero attached hydrogens (tertiary/aromatic N) is 2. The zero-order valence-corrected chi connectivity index (χ0v) is 11.4. The fraction of sp³-hybridized carbons (Fsp3) is 0.636. The maximum atomic E-state index is 5.90. The lowest BCUT2D eigenvalue weighted by atomic mass is 10.5. The predicted molar refractivity (Wildman–Crippen MR) is 69.4 cm³/mol. The van der Waals surface area contributed by atoms with Gasteiger partial charge in [-0.3, -0.25) is 0 Å². The minimum absolute atomic E-state index is 0.358. The lowest BCUT2D eigenvalue weighted by Crippen LogP contribution is -2.10. The first kappa shape index (κ1) is 14.9. The van der Waals surface area contributed by atoms with Crippen molar-refractivity contribution >= 4 is 17.5 Å². The number of hydrogen-bond donors (Lipinski definition) is 1. The third kappa shape index (κ3) is 5.48. The van der Waals surface area contributed by atoms with E-state index in [1.807, 2.05) is 0 Å². The Morgan fingerprint density at radius 1 is 1.28 bits per heavy atom. The fourth-order valence-corrected chi connectivity index (χ4v) is 1.32. The summed E-state index contributed by atoms with van der Waals surface area (Å²) < 4.78 is 15.7. The van der Waals surface area contributed by atoms with Crippen LogP contribution in [0.5, 0.6) is 5.88 Å². The van der Waals surface area contributed by atoms with Crippen LogP contribution < -0.4 is 10.1 Å². The van der Waals surface area contributed by atoms with E-state index >= 15 is 0 Å². The molecule has 1 aromatic rings. The molecule has 0 aliphatic heterocycles. The number of ether oxygens (including phenoxy) is 3. The first-order valence-corrected chi connectivity index (χ1v) is 6.05. The number of hydrogen-bond acceptors (Lipinski definition) is 6. The molecular formula is C11H18ClN3O3. The van der Waals surface area contributed by atoms with Crippen molar-refractivity contribution in [2.24, 2.45) is 0 Å². The zero-order chi connectivity index (χ0) is 13.2. The average molecular weight is 276 g/mol. The summed E-state index contributed by atoms with van der Waals surface area (Å²) in [4.78, 5) is 8.04. The second kappa shape index (κ2) is 8.91. The molecule has 0 fully saturated rings. The Kier molecular flexibility index (Phi) is 7.40. The number of nitrogens with one attached hydrogen (secondary N) is 1. The molecule has 6 nitrogen and oxygen atoms in total. The summed E-state index contributed by atoms with van der Waals surface area (Å²) in [6, 6.07) is 0. The van der Waals surface area contributed by atoms with Crippen molar-refractivity contribution in [3.8, 4) is 5.88 Å². The number of aromatic nitrogens is 2. The molecule has 1 rings (SSSR count). The quantitative estimate of drug-likeness (QED) is 0.691. The Morgan fingerprint density at radius 2 is 2.11 bits per heavy atom. The van der Waals surface area contributed by atoms with E-state index in [4.69, 9.17) is 25.8 Å². The number of rotatable bonds is 9. The second-order valence-corrected chi connectivity index (χ2v) is 3.81. The molecule has 0 amide bonds. The molecule has 0 atom stereocenters. The molecule has 1 heterocycles. The van der Waals surface area contributed by atoms with Crippen LogP contribution >= 0.6 is 11.6 Å². The standard InChI is InChI=1S/C11H18ClN3O3/c1-13-11-14-8-9(12)10(15-11)18-7-6-17-5-3-4-16-2/h8H,3-7H2,1-2H3,(H,13,14,15). The summed E-state index contributed by atoms with van der Waals surface area (Å²) in [6.45, 7) is 2.23. The monoisotopic (exact) mass is 275 g/mol. The molecular weight excluding hydrogens is 258 g/mol. The molecule has 1 N–H and O–H groups in total. The topological polar surface area (TPSA) is 65.5 Å². The summed E-state index contributed by atoms with van der Waals surface area (Å²) in [7, 11) is 3.39. The van der Waals surface area contributed by atoms with Gasteiger partial charge < -0.3 is 19.5 Å². The molecule has 0 bridgehead atoms. The van der Waals surface area contributed by atoms with Crippen LogP contribution in [0.3, 0.4) is 0 Å². The van der Waals surface area contributed by atoms with E-state index in [9.17, 15) is 0 Å². The van der Waals surface area contributed by atoms with Crippen molar-refractivity contribution < 1.29 is 14.2 Å². The molecule has 0 radical (unpaired) electrons. The second-order valence-electron chi connectivity index (χ2n) is 3.40. The van der Waals surface area contributed by atoms with Crippen molar-refractivity contribution in [2.75, 3.05) is 45.9 Å². The Hall–Kier alpha value is -1.11. The van der Waals surface area contributed by atoms with Gasteiger partial charge in [-0.15, -0.1) is 0 Å². The van der Waals surface area contributed by atoms with Crippen molar-refractivity contribution in [1.82, 2.24) is 9.97 Å². The summed E-state index contributed by atoms with van der Waals surface area (Å²) in [5.41, 5.74) is 0. The first-order valence-electron chi connectivity index (χ1n) is 5.67. The van der Waals surface area contributed by atoms with Crippen LogP contribution in [-0.4, -0.2) is 50.6 Å². The summed E-state index contributed by atoms with van der Waals surface area (Å²) >= 11 is 5.90. The van der Waals surface area contributed by atoms with Crippen LogP contribution in [-0.2, 0) is 9.47 Å². The van der Waals surface area contributed by atoms with Gasteiger partial charge in [-0.05, 0) is 6.42 Å². The van der Waals surface area contributed by atoms with Gasteiger partial charge in [-0.2, -0.15) is 4.98 Å². The normalized spacial score (nSPS) is 10.4. The molecule has 7 heteroatoms. The minimum Gasteiger partial charge on any atom is -0.474 e. The van der Waals surface area contributed by atoms with E-state index in [0.717, 1.165) is 6.42 Å². The number of methoxy groups -OCH3 is 1. The van der Waals surface area contributed by atoms with Crippen LogP contribution in [0.1, 0.15) is 6.42 Å². The molecule has 0 aromatic carbocycles. The van der Waals surface area contributed by atoms with Gasteiger partial charge in [0.15, 0.2) is 0 Å². The average Bonchev–Trinajstić information content (AvgIpc) is 2.39. The van der Waals surface area contributed by atoms with E-state index in [2.05, 4.69) is 15.3 Å². The largest absolute Gasteiger partial charge is 0.474 e. The van der Waals surface area contributed by atoms with Gasteiger partial charge in [0.05, 0.1) is 12.8 Å². The predicted octanol–water partition coefficient (Wildman–Crippen LogP) is 1.60. The van der Waals surface area contributed by atoms with Crippen molar-refractivity contribution in [1.29, 1.82) is 0 Å². The van der Waals surface area contributed by atoms with Crippen molar-refractivity contribution in [3.05, 3.63) is 11.2 Å². The summed E-state index contributed by atoms with van der Waals surface area (Å²) in [5, 5.41) is 3.20. The number of anilines is 1. The maximum absolute atomic E-state index is 5.90. The lowest BCUT2D eigenvalue weighted by Gasteiger charge is -2.08. The van der Waals surface area contributed by atoms with Crippen LogP contribution in [0.25, 0.3) is 0 Å². The molecule has 0 aliphatic carbocycles. The molecule has 0 aliphatic rings. The van der Waals surface area contributed by atoms with Crippen LogP contribution in [0, 0.1) is 0 Å². The zero-order valence-electron chi connectivity index (χ0n) is 10.6. The highest BCUT2D eigenvalue weighted by molar-refractivity contribution is 6.31. The molecule has 0 saturated carbocycles. The fourth-order valence-electron chi connectivity index (χ4n) is 1.18. The maximum Gasteiger partial charge on any atom is 0.237 e. The van der Waals surface area contributed by atoms with Gasteiger partial charge in [0.2, 0.25) is 11.8 Å². The Balaban J connectivity index is 2.22. The lowest BCUT2D eigenvalue weighted by molar-refractivity contribution is 0.0796. The molecule has 18 heavy (non-hydrogen) atoms. The summed E-state index contributed by atoms with van der Waals surface area (Å²) in [5.74, 6) is 0.826. The van der Waals surface area contributed by atoms with Gasteiger partial charge in [-0.1, -0.05) is 11.6 Å². The van der Waals surface area contributed by atoms with Crippen LogP contribution in [0.4, 0.5) is 5.95 Å². The minimum atomic E-state index is 0.358. The highest BCUT2D eigenvalue weighted by atomic mass is 35.5. The Labute approximate surface area is 112 Å². The molecule has 0 spiro atoms. The van der Waals surface area contributed by atoms with Gasteiger partial charge >= 0.3 is 0 Å². The molecule has 1 aromatic heterocycles. The Morgan fingerprint density at radius 3 is 2.83 bits per heavy atom. The molecule has 0 unspecified atom stereocenters. The Bertz CT molecular complexity index is 352. The van der Waals surface area contributed by atoms with E-state index in [1.54, 1.807) is 14.2 Å². The SMILES string of the molecule is CNc1ncc(Cl)c(OCCOCCCOC)n1. The van der Waals surface area contributed by atoms with E-state index in [-0.39, 0.29) is 0 Å². The number of halogens is 1. The van der Waals surface area contributed by atoms with Gasteiger partial charge in [0.25, 0.3) is 0 Å². The highest BCUT2D eigenvalue weighted by Gasteiger charge is 2.05.